The van der Waals surface area contributed by atoms with Gasteiger partial charge in [0.1, 0.15) is 0 Å². The molecule has 4 atom stereocenters. The summed E-state index contributed by atoms with van der Waals surface area (Å²) in [6.45, 7) is 7.13. The van der Waals surface area contributed by atoms with Crippen molar-refractivity contribution >= 4 is 11.9 Å². The Morgan fingerprint density at radius 2 is 1.69 bits per heavy atom. The maximum absolute atomic E-state index is 12.5. The quantitative estimate of drug-likeness (QED) is 0.383. The van der Waals surface area contributed by atoms with Crippen LogP contribution < -0.4 is 0 Å². The van der Waals surface area contributed by atoms with Crippen LogP contribution in [-0.2, 0) is 30.4 Å². The molecule has 1 aromatic rings. The third-order valence-corrected chi connectivity index (χ3v) is 7.08. The maximum Gasteiger partial charge on any atom is 0.310 e. The van der Waals surface area contributed by atoms with Gasteiger partial charge in [0.25, 0.3) is 0 Å². The van der Waals surface area contributed by atoms with Crippen molar-refractivity contribution in [3.63, 3.8) is 0 Å². The van der Waals surface area contributed by atoms with Gasteiger partial charge in [-0.05, 0) is 49.8 Å². The lowest BCUT2D eigenvalue weighted by molar-refractivity contribution is -0.149. The predicted molar refractivity (Wildman–Crippen MR) is 120 cm³/mol. The first-order valence-electron chi connectivity index (χ1n) is 11.9. The van der Waals surface area contributed by atoms with Crippen LogP contribution in [0.15, 0.2) is 30.3 Å². The standard InChI is InChI=1S/C25H36N2O5/c1-30-24(28)20-8-10-27(15-20)16-22-13-23(22)18-32-25(29)21-7-9-26(14-21)11-12-31-17-19-5-3-2-4-6-19/h2-6,20-23H,7-18H2,1H3/t20?,21?,22?,23-/m1/s1. The van der Waals surface area contributed by atoms with E-state index in [-0.39, 0.29) is 23.8 Å². The van der Waals surface area contributed by atoms with Crippen molar-refractivity contribution < 1.29 is 23.8 Å². The van der Waals surface area contributed by atoms with Crippen molar-refractivity contribution in [3.05, 3.63) is 35.9 Å². The average molecular weight is 445 g/mol. The molecule has 3 aliphatic rings. The lowest BCUT2D eigenvalue weighted by Crippen LogP contribution is -2.28. The van der Waals surface area contributed by atoms with Crippen molar-refractivity contribution in [1.82, 2.24) is 9.80 Å². The molecule has 0 spiro atoms. The molecule has 4 rings (SSSR count). The van der Waals surface area contributed by atoms with Gasteiger partial charge >= 0.3 is 11.9 Å². The van der Waals surface area contributed by atoms with Gasteiger partial charge in [0.2, 0.25) is 0 Å². The molecule has 1 aliphatic carbocycles. The SMILES string of the molecule is COC(=O)C1CCN(CC2C[C@@H]2COC(=O)C2CCN(CCOCc3ccccc3)C2)C1. The highest BCUT2D eigenvalue weighted by Gasteiger charge is 2.41. The second-order valence-electron chi connectivity index (χ2n) is 9.48. The summed E-state index contributed by atoms with van der Waals surface area (Å²) >= 11 is 0. The number of benzene rings is 1. The molecule has 2 aliphatic heterocycles. The van der Waals surface area contributed by atoms with E-state index in [1.165, 1.54) is 12.7 Å². The lowest BCUT2D eigenvalue weighted by atomic mass is 10.1. The highest BCUT2D eigenvalue weighted by Crippen LogP contribution is 2.40. The molecule has 3 unspecified atom stereocenters. The van der Waals surface area contributed by atoms with Crippen LogP contribution in [0.1, 0.15) is 24.8 Å². The number of carbonyl (C=O) groups is 2. The van der Waals surface area contributed by atoms with Crippen LogP contribution in [0, 0.1) is 23.7 Å². The molecule has 0 radical (unpaired) electrons. The van der Waals surface area contributed by atoms with Crippen LogP contribution in [0.2, 0.25) is 0 Å². The summed E-state index contributed by atoms with van der Waals surface area (Å²) < 4.78 is 16.3. The normalized spacial score (nSPS) is 28.0. The van der Waals surface area contributed by atoms with E-state index in [1.54, 1.807) is 0 Å². The summed E-state index contributed by atoms with van der Waals surface area (Å²) in [5.41, 5.74) is 1.18. The summed E-state index contributed by atoms with van der Waals surface area (Å²) in [4.78, 5) is 28.8. The second-order valence-corrected chi connectivity index (χ2v) is 9.48. The lowest BCUT2D eigenvalue weighted by Gasteiger charge is -2.16. The Hall–Kier alpha value is -1.96. The Kier molecular flexibility index (Phi) is 8.16. The largest absolute Gasteiger partial charge is 0.469 e. The van der Waals surface area contributed by atoms with Crippen LogP contribution in [-0.4, -0.2) is 81.3 Å². The highest BCUT2D eigenvalue weighted by molar-refractivity contribution is 5.73. The number of methoxy groups -OCH3 is 1. The van der Waals surface area contributed by atoms with Crippen molar-refractivity contribution in [1.29, 1.82) is 0 Å². The van der Waals surface area contributed by atoms with Crippen LogP contribution in [0.3, 0.4) is 0 Å². The Bertz CT molecular complexity index is 758. The second kappa shape index (κ2) is 11.3. The van der Waals surface area contributed by atoms with Gasteiger partial charge in [-0.1, -0.05) is 30.3 Å². The molecule has 0 bridgehead atoms. The zero-order valence-corrected chi connectivity index (χ0v) is 19.1. The molecule has 0 N–H and O–H groups in total. The Morgan fingerprint density at radius 3 is 2.47 bits per heavy atom. The number of hydrogen-bond donors (Lipinski definition) is 0. The van der Waals surface area contributed by atoms with E-state index in [9.17, 15) is 9.59 Å². The first kappa shape index (κ1) is 23.2. The number of carbonyl (C=O) groups excluding carboxylic acids is 2. The molecule has 1 aromatic carbocycles. The number of esters is 2. The van der Waals surface area contributed by atoms with Gasteiger partial charge < -0.3 is 24.0 Å². The first-order valence-corrected chi connectivity index (χ1v) is 11.9. The van der Waals surface area contributed by atoms with Crippen molar-refractivity contribution in [2.75, 3.05) is 59.6 Å². The van der Waals surface area contributed by atoms with Gasteiger partial charge in [-0.15, -0.1) is 0 Å². The molecule has 0 amide bonds. The number of likely N-dealkylation sites (tertiary alicyclic amines) is 2. The third-order valence-electron chi connectivity index (χ3n) is 7.08. The van der Waals surface area contributed by atoms with Crippen LogP contribution in [0.5, 0.6) is 0 Å². The Balaban J connectivity index is 1.06. The molecule has 176 valence electrons. The zero-order valence-electron chi connectivity index (χ0n) is 19.1. The summed E-state index contributed by atoms with van der Waals surface area (Å²) in [5, 5.41) is 0. The van der Waals surface area contributed by atoms with Crippen LogP contribution >= 0.6 is 0 Å². The number of nitrogens with zero attached hydrogens (tertiary/aromatic N) is 2. The molecule has 0 aromatic heterocycles. The molecular weight excluding hydrogens is 408 g/mol. The summed E-state index contributed by atoms with van der Waals surface area (Å²) in [5.74, 6) is 0.920. The van der Waals surface area contributed by atoms with E-state index in [4.69, 9.17) is 14.2 Å². The van der Waals surface area contributed by atoms with E-state index >= 15 is 0 Å². The molecule has 2 saturated heterocycles. The molecule has 1 saturated carbocycles. The highest BCUT2D eigenvalue weighted by atomic mass is 16.5. The van der Waals surface area contributed by atoms with Crippen LogP contribution in [0.25, 0.3) is 0 Å². The van der Waals surface area contributed by atoms with Gasteiger partial charge in [-0.3, -0.25) is 9.59 Å². The van der Waals surface area contributed by atoms with Gasteiger partial charge in [-0.25, -0.2) is 0 Å². The monoisotopic (exact) mass is 444 g/mol. The van der Waals surface area contributed by atoms with Gasteiger partial charge in [0.05, 0.1) is 38.8 Å². The van der Waals surface area contributed by atoms with Gasteiger partial charge in [0.15, 0.2) is 0 Å². The van der Waals surface area contributed by atoms with E-state index in [2.05, 4.69) is 21.9 Å². The molecular formula is C25H36N2O5. The van der Waals surface area contributed by atoms with Crippen molar-refractivity contribution in [2.45, 2.75) is 25.9 Å². The van der Waals surface area contributed by atoms with E-state index in [1.807, 2.05) is 18.2 Å². The fourth-order valence-electron chi connectivity index (χ4n) is 4.92. The molecule has 3 fully saturated rings. The summed E-state index contributed by atoms with van der Waals surface area (Å²) in [6, 6.07) is 10.2. The molecule has 32 heavy (non-hydrogen) atoms. The summed E-state index contributed by atoms with van der Waals surface area (Å²) in [7, 11) is 1.46. The minimum Gasteiger partial charge on any atom is -0.469 e. The first-order chi connectivity index (χ1) is 15.6. The molecule has 7 nitrogen and oxygen atoms in total. The average Bonchev–Trinajstić information content (AvgIpc) is 3.17. The number of ether oxygens (including phenoxy) is 3. The van der Waals surface area contributed by atoms with Gasteiger partial charge in [0, 0.05) is 26.2 Å². The third kappa shape index (κ3) is 6.53. The fraction of sp³-hybridized carbons (Fsp3) is 0.680. The molecule has 2 heterocycles. The summed E-state index contributed by atoms with van der Waals surface area (Å²) in [6.07, 6.45) is 2.87. The predicted octanol–water partition coefficient (Wildman–Crippen LogP) is 2.20. The Morgan fingerprint density at radius 1 is 0.969 bits per heavy atom. The smallest absolute Gasteiger partial charge is 0.310 e. The Labute approximate surface area is 191 Å². The van der Waals surface area contributed by atoms with Crippen molar-refractivity contribution in [2.24, 2.45) is 23.7 Å². The fourth-order valence-corrected chi connectivity index (χ4v) is 4.92. The zero-order chi connectivity index (χ0) is 22.3. The maximum atomic E-state index is 12.5. The van der Waals surface area contributed by atoms with E-state index < -0.39 is 0 Å². The van der Waals surface area contributed by atoms with Crippen molar-refractivity contribution in [3.8, 4) is 0 Å². The topological polar surface area (TPSA) is 68.3 Å². The van der Waals surface area contributed by atoms with Crippen LogP contribution in [0.4, 0.5) is 0 Å². The number of rotatable bonds is 11. The van der Waals surface area contributed by atoms with E-state index in [0.29, 0.717) is 31.7 Å². The van der Waals surface area contributed by atoms with Gasteiger partial charge in [-0.2, -0.15) is 0 Å². The molecule has 7 heteroatoms. The minimum atomic E-state index is -0.0952. The number of hydrogen-bond acceptors (Lipinski definition) is 7. The van der Waals surface area contributed by atoms with E-state index in [0.717, 1.165) is 58.5 Å². The minimum absolute atomic E-state index is 0.0132.